The van der Waals surface area contributed by atoms with Crippen molar-refractivity contribution in [1.29, 1.82) is 0 Å². The number of hydrogen-bond acceptors (Lipinski definition) is 4. The first-order valence-corrected chi connectivity index (χ1v) is 5.12. The minimum atomic E-state index is -0.106. The summed E-state index contributed by atoms with van der Waals surface area (Å²) in [5.41, 5.74) is 7.78. The lowest BCUT2D eigenvalue weighted by Crippen LogP contribution is -2.40. The van der Waals surface area contributed by atoms with E-state index in [0.29, 0.717) is 6.54 Å². The Balaban J connectivity index is 2.67. The van der Waals surface area contributed by atoms with Gasteiger partial charge < -0.3 is 10.9 Å². The van der Waals surface area contributed by atoms with Crippen molar-refractivity contribution in [2.75, 3.05) is 7.05 Å². The van der Waals surface area contributed by atoms with Crippen LogP contribution in [0.3, 0.4) is 0 Å². The molecule has 0 aliphatic carbocycles. The molecule has 1 atom stereocenters. The molecule has 0 aromatic carbocycles. The number of pyridine rings is 1. The van der Waals surface area contributed by atoms with Crippen LogP contribution in [-0.2, 0) is 6.54 Å². The maximum Gasteiger partial charge on any atom is 0.156 e. The predicted molar refractivity (Wildman–Crippen MR) is 63.3 cm³/mol. The molecule has 0 saturated heterocycles. The first-order chi connectivity index (χ1) is 7.54. The van der Waals surface area contributed by atoms with Gasteiger partial charge in [-0.3, -0.25) is 9.88 Å². The number of nitrogens with zero attached hydrogens (tertiary/aromatic N) is 3. The molecule has 0 saturated carbocycles. The molecule has 5 heteroatoms. The molecular formula is C11H18N4O. The van der Waals surface area contributed by atoms with Crippen LogP contribution in [0.4, 0.5) is 0 Å². The van der Waals surface area contributed by atoms with Crippen LogP contribution in [0.15, 0.2) is 23.6 Å². The standard InChI is InChI=1S/C11H18N4O/c1-8-4-10(6-13-5-8)7-15(3)9(2)11(12)14-16/h4-6,9,16H,7H2,1-3H3,(H2,12,14). The highest BCUT2D eigenvalue weighted by atomic mass is 16.4. The highest BCUT2D eigenvalue weighted by Crippen LogP contribution is 2.07. The van der Waals surface area contributed by atoms with Crippen molar-refractivity contribution in [3.05, 3.63) is 29.6 Å². The minimum absolute atomic E-state index is 0.106. The second-order valence-corrected chi connectivity index (χ2v) is 3.99. The molecule has 1 aromatic heterocycles. The topological polar surface area (TPSA) is 74.7 Å². The van der Waals surface area contributed by atoms with Crippen LogP contribution in [0.5, 0.6) is 0 Å². The largest absolute Gasteiger partial charge is 0.409 e. The van der Waals surface area contributed by atoms with E-state index >= 15 is 0 Å². The summed E-state index contributed by atoms with van der Waals surface area (Å²) >= 11 is 0. The van der Waals surface area contributed by atoms with E-state index in [2.05, 4.69) is 16.2 Å². The molecule has 0 fully saturated rings. The van der Waals surface area contributed by atoms with Crippen LogP contribution in [0.25, 0.3) is 0 Å². The first-order valence-electron chi connectivity index (χ1n) is 5.12. The van der Waals surface area contributed by atoms with E-state index < -0.39 is 0 Å². The Bertz CT molecular complexity index is 378. The number of aryl methyl sites for hydroxylation is 1. The van der Waals surface area contributed by atoms with Crippen LogP contribution in [0.1, 0.15) is 18.1 Å². The third-order valence-electron chi connectivity index (χ3n) is 2.57. The molecule has 0 aliphatic heterocycles. The zero-order valence-electron chi connectivity index (χ0n) is 9.88. The van der Waals surface area contributed by atoms with E-state index in [1.54, 1.807) is 0 Å². The van der Waals surface area contributed by atoms with E-state index in [-0.39, 0.29) is 11.9 Å². The monoisotopic (exact) mass is 222 g/mol. The molecule has 0 amide bonds. The van der Waals surface area contributed by atoms with Crippen LogP contribution < -0.4 is 5.73 Å². The van der Waals surface area contributed by atoms with E-state index in [1.165, 1.54) is 0 Å². The molecule has 0 spiro atoms. The Labute approximate surface area is 95.6 Å². The third kappa shape index (κ3) is 3.20. The van der Waals surface area contributed by atoms with Crippen LogP contribution >= 0.6 is 0 Å². The summed E-state index contributed by atoms with van der Waals surface area (Å²) in [6.07, 6.45) is 3.64. The van der Waals surface area contributed by atoms with Gasteiger partial charge in [-0.1, -0.05) is 11.2 Å². The summed E-state index contributed by atoms with van der Waals surface area (Å²) in [4.78, 5) is 6.12. The summed E-state index contributed by atoms with van der Waals surface area (Å²) in [6, 6.07) is 1.97. The Kier molecular flexibility index (Phi) is 4.25. The zero-order valence-corrected chi connectivity index (χ0v) is 9.88. The lowest BCUT2D eigenvalue weighted by atomic mass is 10.2. The highest BCUT2D eigenvalue weighted by molar-refractivity contribution is 5.84. The summed E-state index contributed by atoms with van der Waals surface area (Å²) in [5.74, 6) is 0.211. The van der Waals surface area contributed by atoms with Crippen molar-refractivity contribution >= 4 is 5.84 Å². The maximum absolute atomic E-state index is 8.59. The molecule has 1 rings (SSSR count). The summed E-state index contributed by atoms with van der Waals surface area (Å²) in [5, 5.41) is 11.6. The number of rotatable bonds is 4. The molecule has 5 nitrogen and oxygen atoms in total. The summed E-state index contributed by atoms with van der Waals surface area (Å²) in [6.45, 7) is 4.60. The third-order valence-corrected chi connectivity index (χ3v) is 2.57. The average Bonchev–Trinajstić information content (AvgIpc) is 2.27. The molecule has 1 aromatic rings. The average molecular weight is 222 g/mol. The van der Waals surface area contributed by atoms with Gasteiger partial charge in [0.05, 0.1) is 6.04 Å². The zero-order chi connectivity index (χ0) is 12.1. The van der Waals surface area contributed by atoms with Crippen molar-refractivity contribution in [3.8, 4) is 0 Å². The van der Waals surface area contributed by atoms with Gasteiger partial charge in [-0.15, -0.1) is 0 Å². The molecule has 16 heavy (non-hydrogen) atoms. The lowest BCUT2D eigenvalue weighted by Gasteiger charge is -2.23. The molecule has 0 bridgehead atoms. The van der Waals surface area contributed by atoms with Gasteiger partial charge in [0.15, 0.2) is 5.84 Å². The molecule has 1 unspecified atom stereocenters. The number of amidine groups is 1. The van der Waals surface area contributed by atoms with Crippen LogP contribution in [0, 0.1) is 6.92 Å². The highest BCUT2D eigenvalue weighted by Gasteiger charge is 2.13. The second-order valence-electron chi connectivity index (χ2n) is 3.99. The van der Waals surface area contributed by atoms with Crippen molar-refractivity contribution in [3.63, 3.8) is 0 Å². The van der Waals surface area contributed by atoms with Gasteiger partial charge in [0.1, 0.15) is 0 Å². The smallest absolute Gasteiger partial charge is 0.156 e. The fraction of sp³-hybridized carbons (Fsp3) is 0.455. The molecule has 88 valence electrons. The Hall–Kier alpha value is -1.62. The Morgan fingerprint density at radius 2 is 2.31 bits per heavy atom. The molecule has 1 heterocycles. The van der Waals surface area contributed by atoms with E-state index in [9.17, 15) is 0 Å². The van der Waals surface area contributed by atoms with Gasteiger partial charge in [-0.25, -0.2) is 0 Å². The number of nitrogens with two attached hydrogens (primary N) is 1. The van der Waals surface area contributed by atoms with Crippen molar-refractivity contribution in [2.45, 2.75) is 26.4 Å². The van der Waals surface area contributed by atoms with Gasteiger partial charge in [-0.05, 0) is 32.0 Å². The predicted octanol–water partition coefficient (Wildman–Crippen LogP) is 0.957. The number of likely N-dealkylation sites (N-methyl/N-ethyl adjacent to an activating group) is 1. The van der Waals surface area contributed by atoms with Crippen LogP contribution in [-0.4, -0.2) is 34.0 Å². The van der Waals surface area contributed by atoms with Crippen molar-refractivity contribution in [1.82, 2.24) is 9.88 Å². The minimum Gasteiger partial charge on any atom is -0.409 e. The SMILES string of the molecule is Cc1cncc(CN(C)C(C)/C(N)=N/O)c1. The van der Waals surface area contributed by atoms with Crippen LogP contribution in [0.2, 0.25) is 0 Å². The summed E-state index contributed by atoms with van der Waals surface area (Å²) in [7, 11) is 1.92. The number of hydrogen-bond donors (Lipinski definition) is 2. The van der Waals surface area contributed by atoms with Crippen molar-refractivity contribution < 1.29 is 5.21 Å². The number of oxime groups is 1. The lowest BCUT2D eigenvalue weighted by molar-refractivity contribution is 0.279. The normalized spacial score (nSPS) is 14.1. The van der Waals surface area contributed by atoms with Gasteiger partial charge in [0.2, 0.25) is 0 Å². The number of aromatic nitrogens is 1. The van der Waals surface area contributed by atoms with Gasteiger partial charge in [0.25, 0.3) is 0 Å². The fourth-order valence-corrected chi connectivity index (χ4v) is 1.44. The van der Waals surface area contributed by atoms with E-state index in [0.717, 1.165) is 11.1 Å². The Morgan fingerprint density at radius 1 is 1.62 bits per heavy atom. The van der Waals surface area contributed by atoms with Crippen molar-refractivity contribution in [2.24, 2.45) is 10.9 Å². The van der Waals surface area contributed by atoms with E-state index in [4.69, 9.17) is 10.9 Å². The van der Waals surface area contributed by atoms with Gasteiger partial charge >= 0.3 is 0 Å². The molecular weight excluding hydrogens is 204 g/mol. The Morgan fingerprint density at radius 3 is 2.88 bits per heavy atom. The summed E-state index contributed by atoms with van der Waals surface area (Å²) < 4.78 is 0. The molecule has 3 N–H and O–H groups in total. The van der Waals surface area contributed by atoms with Gasteiger partial charge in [0, 0.05) is 18.9 Å². The molecule has 0 radical (unpaired) electrons. The fourth-order valence-electron chi connectivity index (χ4n) is 1.44. The first kappa shape index (κ1) is 12.4. The second kappa shape index (κ2) is 5.46. The van der Waals surface area contributed by atoms with E-state index in [1.807, 2.05) is 38.2 Å². The van der Waals surface area contributed by atoms with Gasteiger partial charge in [-0.2, -0.15) is 0 Å². The quantitative estimate of drug-likeness (QED) is 0.344. The molecule has 0 aliphatic rings. The maximum atomic E-state index is 8.59.